The van der Waals surface area contributed by atoms with E-state index in [0.29, 0.717) is 17.2 Å². The molecule has 0 saturated heterocycles. The first-order valence-corrected chi connectivity index (χ1v) is 6.07. The summed E-state index contributed by atoms with van der Waals surface area (Å²) in [6.07, 6.45) is 1.23. The Balaban J connectivity index is 2.06. The van der Waals surface area contributed by atoms with Gasteiger partial charge >= 0.3 is 0 Å². The first kappa shape index (κ1) is 12.2. The van der Waals surface area contributed by atoms with Crippen molar-refractivity contribution in [3.8, 4) is 11.5 Å². The summed E-state index contributed by atoms with van der Waals surface area (Å²) < 4.78 is 5.12. The van der Waals surface area contributed by atoms with Crippen LogP contribution in [0, 0.1) is 5.41 Å². The van der Waals surface area contributed by atoms with Crippen molar-refractivity contribution in [2.75, 3.05) is 7.11 Å². The summed E-state index contributed by atoms with van der Waals surface area (Å²) in [5, 5.41) is 13.1. The largest absolute Gasteiger partial charge is 0.504 e. The lowest BCUT2D eigenvalue weighted by Gasteiger charge is -2.16. The van der Waals surface area contributed by atoms with E-state index in [1.165, 1.54) is 6.42 Å². The van der Waals surface area contributed by atoms with E-state index in [9.17, 15) is 5.11 Å². The van der Waals surface area contributed by atoms with E-state index in [1.807, 2.05) is 12.1 Å². The van der Waals surface area contributed by atoms with Crippen LogP contribution in [0.2, 0.25) is 0 Å². The smallest absolute Gasteiger partial charge is 0.160 e. The van der Waals surface area contributed by atoms with Crippen LogP contribution in [0.1, 0.15) is 38.8 Å². The normalized spacial score (nSPS) is 23.2. The Morgan fingerprint density at radius 2 is 2.12 bits per heavy atom. The van der Waals surface area contributed by atoms with Gasteiger partial charge in [-0.3, -0.25) is 0 Å². The van der Waals surface area contributed by atoms with E-state index in [1.54, 1.807) is 13.2 Å². The molecule has 2 unspecified atom stereocenters. The Hall–Kier alpha value is -1.22. The topological polar surface area (TPSA) is 41.5 Å². The van der Waals surface area contributed by atoms with Gasteiger partial charge in [-0.05, 0) is 36.5 Å². The maximum atomic E-state index is 9.55. The predicted molar refractivity (Wildman–Crippen MR) is 68.4 cm³/mol. The van der Waals surface area contributed by atoms with Crippen molar-refractivity contribution < 1.29 is 9.84 Å². The molecule has 1 aromatic carbocycles. The molecule has 1 aliphatic rings. The lowest BCUT2D eigenvalue weighted by Crippen LogP contribution is -2.24. The maximum absolute atomic E-state index is 9.55. The molecule has 94 valence electrons. The minimum atomic E-state index is 0.190. The average Bonchev–Trinajstić information content (AvgIpc) is 2.86. The second-order valence-corrected chi connectivity index (χ2v) is 5.56. The van der Waals surface area contributed by atoms with Crippen molar-refractivity contribution in [1.29, 1.82) is 0 Å². The van der Waals surface area contributed by atoms with Crippen LogP contribution in [0.4, 0.5) is 0 Å². The molecule has 1 fully saturated rings. The Morgan fingerprint density at radius 3 is 2.65 bits per heavy atom. The Morgan fingerprint density at radius 1 is 1.47 bits per heavy atom. The summed E-state index contributed by atoms with van der Waals surface area (Å²) >= 11 is 0. The molecule has 2 atom stereocenters. The second kappa shape index (κ2) is 4.22. The summed E-state index contributed by atoms with van der Waals surface area (Å²) in [5.41, 5.74) is 1.57. The fourth-order valence-corrected chi connectivity index (χ4v) is 2.11. The van der Waals surface area contributed by atoms with Crippen LogP contribution in [0.3, 0.4) is 0 Å². The van der Waals surface area contributed by atoms with Gasteiger partial charge in [0.05, 0.1) is 7.11 Å². The maximum Gasteiger partial charge on any atom is 0.160 e. The molecule has 3 heteroatoms. The number of hydrogen-bond acceptors (Lipinski definition) is 3. The van der Waals surface area contributed by atoms with E-state index in [0.717, 1.165) is 5.56 Å². The number of methoxy groups -OCH3 is 1. The molecule has 2 N–H and O–H groups in total. The molecule has 2 rings (SSSR count). The molecule has 0 aromatic heterocycles. The fourth-order valence-electron chi connectivity index (χ4n) is 2.11. The highest BCUT2D eigenvalue weighted by Crippen LogP contribution is 2.45. The SMILES string of the molecule is COc1cc(C(C)NC2CC2(C)C)ccc1O. The third-order valence-electron chi connectivity index (χ3n) is 3.67. The van der Waals surface area contributed by atoms with Gasteiger partial charge in [0.2, 0.25) is 0 Å². The van der Waals surface area contributed by atoms with Gasteiger partial charge in [0.1, 0.15) is 0 Å². The van der Waals surface area contributed by atoms with Crippen LogP contribution < -0.4 is 10.1 Å². The monoisotopic (exact) mass is 235 g/mol. The highest BCUT2D eigenvalue weighted by molar-refractivity contribution is 5.42. The number of ether oxygens (including phenoxy) is 1. The number of phenols is 1. The first-order chi connectivity index (χ1) is 7.94. The Kier molecular flexibility index (Phi) is 3.04. The lowest BCUT2D eigenvalue weighted by atomic mass is 10.1. The zero-order chi connectivity index (χ0) is 12.6. The number of rotatable bonds is 4. The molecule has 17 heavy (non-hydrogen) atoms. The molecule has 1 saturated carbocycles. The highest BCUT2D eigenvalue weighted by Gasteiger charge is 2.45. The highest BCUT2D eigenvalue weighted by atomic mass is 16.5. The van der Waals surface area contributed by atoms with Crippen molar-refractivity contribution in [2.24, 2.45) is 5.41 Å². The molecule has 1 aliphatic carbocycles. The van der Waals surface area contributed by atoms with E-state index in [4.69, 9.17) is 4.74 Å². The molecule has 0 radical (unpaired) electrons. The standard InChI is InChI=1S/C14H21NO2/c1-9(15-13-8-14(13,2)3)10-5-6-11(16)12(7-10)17-4/h5-7,9,13,15-16H,8H2,1-4H3. The number of aromatic hydroxyl groups is 1. The molecular formula is C14H21NO2. The van der Waals surface area contributed by atoms with Crippen LogP contribution in [-0.4, -0.2) is 18.3 Å². The summed E-state index contributed by atoms with van der Waals surface area (Å²) in [6.45, 7) is 6.68. The number of benzene rings is 1. The van der Waals surface area contributed by atoms with Gasteiger partial charge in [0.25, 0.3) is 0 Å². The van der Waals surface area contributed by atoms with Crippen molar-refractivity contribution in [2.45, 2.75) is 39.3 Å². The summed E-state index contributed by atoms with van der Waals surface area (Å²) in [7, 11) is 1.57. The third kappa shape index (κ3) is 2.55. The van der Waals surface area contributed by atoms with Gasteiger partial charge in [-0.1, -0.05) is 19.9 Å². The zero-order valence-electron chi connectivity index (χ0n) is 10.9. The predicted octanol–water partition coefficient (Wildman–Crippen LogP) is 2.85. The Labute approximate surface area is 103 Å². The molecule has 0 bridgehead atoms. The minimum Gasteiger partial charge on any atom is -0.504 e. The average molecular weight is 235 g/mol. The molecule has 0 aliphatic heterocycles. The van der Waals surface area contributed by atoms with Gasteiger partial charge in [0, 0.05) is 12.1 Å². The quantitative estimate of drug-likeness (QED) is 0.843. The molecule has 0 heterocycles. The minimum absolute atomic E-state index is 0.190. The second-order valence-electron chi connectivity index (χ2n) is 5.56. The van der Waals surface area contributed by atoms with Crippen LogP contribution in [-0.2, 0) is 0 Å². The van der Waals surface area contributed by atoms with Crippen molar-refractivity contribution in [3.05, 3.63) is 23.8 Å². The van der Waals surface area contributed by atoms with Gasteiger partial charge in [-0.15, -0.1) is 0 Å². The Bertz CT molecular complexity index is 415. The van der Waals surface area contributed by atoms with Crippen molar-refractivity contribution in [3.63, 3.8) is 0 Å². The van der Waals surface area contributed by atoms with Gasteiger partial charge < -0.3 is 15.2 Å². The zero-order valence-corrected chi connectivity index (χ0v) is 10.9. The van der Waals surface area contributed by atoms with Gasteiger partial charge in [0.15, 0.2) is 11.5 Å². The van der Waals surface area contributed by atoms with Crippen LogP contribution in [0.25, 0.3) is 0 Å². The van der Waals surface area contributed by atoms with E-state index in [2.05, 4.69) is 26.1 Å². The van der Waals surface area contributed by atoms with Gasteiger partial charge in [-0.2, -0.15) is 0 Å². The number of phenolic OH excluding ortho intramolecular Hbond substituents is 1. The summed E-state index contributed by atoms with van der Waals surface area (Å²) in [5.74, 6) is 0.724. The summed E-state index contributed by atoms with van der Waals surface area (Å²) in [4.78, 5) is 0. The third-order valence-corrected chi connectivity index (χ3v) is 3.67. The molecular weight excluding hydrogens is 214 g/mol. The number of hydrogen-bond donors (Lipinski definition) is 2. The number of nitrogens with one attached hydrogen (secondary N) is 1. The van der Waals surface area contributed by atoms with Gasteiger partial charge in [-0.25, -0.2) is 0 Å². The molecule has 0 spiro atoms. The van der Waals surface area contributed by atoms with Crippen LogP contribution in [0.5, 0.6) is 11.5 Å². The van der Waals surface area contributed by atoms with Crippen LogP contribution >= 0.6 is 0 Å². The molecule has 1 aromatic rings. The fraction of sp³-hybridized carbons (Fsp3) is 0.571. The molecule has 0 amide bonds. The first-order valence-electron chi connectivity index (χ1n) is 6.07. The molecule has 3 nitrogen and oxygen atoms in total. The van der Waals surface area contributed by atoms with Crippen molar-refractivity contribution >= 4 is 0 Å². The van der Waals surface area contributed by atoms with E-state index < -0.39 is 0 Å². The van der Waals surface area contributed by atoms with E-state index in [-0.39, 0.29) is 11.8 Å². The van der Waals surface area contributed by atoms with E-state index >= 15 is 0 Å². The summed E-state index contributed by atoms with van der Waals surface area (Å²) in [6, 6.07) is 6.38. The lowest BCUT2D eigenvalue weighted by molar-refractivity contribution is 0.372. The van der Waals surface area contributed by atoms with Crippen molar-refractivity contribution in [1.82, 2.24) is 5.32 Å². The van der Waals surface area contributed by atoms with Crippen LogP contribution in [0.15, 0.2) is 18.2 Å².